The largest absolute Gasteiger partial charge is 0.437 e. The molecule has 3 aromatic rings. The van der Waals surface area contributed by atoms with Gasteiger partial charge in [0, 0.05) is 18.2 Å². The van der Waals surface area contributed by atoms with Crippen LogP contribution >= 0.6 is 11.6 Å². The molecule has 3 rings (SSSR count). The summed E-state index contributed by atoms with van der Waals surface area (Å²) < 4.78 is 46.1. The number of aromatic nitrogens is 4. The molecule has 2 aromatic heterocycles. The van der Waals surface area contributed by atoms with Crippen LogP contribution in [0.1, 0.15) is 12.4 Å². The van der Waals surface area contributed by atoms with Crippen LogP contribution in [0.5, 0.6) is 11.6 Å². The number of nitrogens with zero attached hydrogens (tertiary/aromatic N) is 5. The van der Waals surface area contributed by atoms with Crippen molar-refractivity contribution in [1.29, 1.82) is 0 Å². The molecule has 1 aromatic carbocycles. The number of rotatable bonds is 5. The Morgan fingerprint density at radius 1 is 1.32 bits per heavy atom. The summed E-state index contributed by atoms with van der Waals surface area (Å²) in [5, 5.41) is 14.1. The molecule has 2 heterocycles. The molecular formula is C15H9ClF3N5O4. The van der Waals surface area contributed by atoms with Crippen LogP contribution in [0.4, 0.5) is 18.9 Å². The molecule has 0 amide bonds. The molecule has 28 heavy (non-hydrogen) atoms. The van der Waals surface area contributed by atoms with Gasteiger partial charge in [0.1, 0.15) is 23.5 Å². The highest BCUT2D eigenvalue weighted by atomic mass is 35.5. The van der Waals surface area contributed by atoms with Gasteiger partial charge in [-0.1, -0.05) is 11.6 Å². The Kier molecular flexibility index (Phi) is 5.05. The van der Waals surface area contributed by atoms with Crippen LogP contribution in [0.3, 0.4) is 0 Å². The van der Waals surface area contributed by atoms with Gasteiger partial charge < -0.3 is 4.74 Å². The van der Waals surface area contributed by atoms with Gasteiger partial charge in [-0.2, -0.15) is 13.5 Å². The Labute approximate surface area is 158 Å². The number of pyridine rings is 1. The molecule has 0 saturated carbocycles. The van der Waals surface area contributed by atoms with E-state index in [1.54, 1.807) is 0 Å². The summed E-state index contributed by atoms with van der Waals surface area (Å²) in [7, 11) is 0. The van der Waals surface area contributed by atoms with Gasteiger partial charge >= 0.3 is 12.2 Å². The normalized spacial score (nSPS) is 11.1. The highest BCUT2D eigenvalue weighted by Crippen LogP contribution is 2.32. The molecule has 9 nitrogen and oxygen atoms in total. The van der Waals surface area contributed by atoms with E-state index in [-0.39, 0.29) is 32.7 Å². The van der Waals surface area contributed by atoms with Gasteiger partial charge in [0.2, 0.25) is 5.88 Å². The second-order valence-electron chi connectivity index (χ2n) is 5.34. The number of halogens is 4. The van der Waals surface area contributed by atoms with E-state index >= 15 is 0 Å². The Bertz CT molecular complexity index is 1110. The van der Waals surface area contributed by atoms with Crippen LogP contribution in [0.2, 0.25) is 5.02 Å². The van der Waals surface area contributed by atoms with Crippen molar-refractivity contribution in [3.8, 4) is 17.3 Å². The van der Waals surface area contributed by atoms with E-state index in [0.717, 1.165) is 31.3 Å². The van der Waals surface area contributed by atoms with Crippen LogP contribution in [0.25, 0.3) is 5.69 Å². The van der Waals surface area contributed by atoms with Crippen LogP contribution in [0.15, 0.2) is 35.3 Å². The van der Waals surface area contributed by atoms with Crippen LogP contribution < -0.4 is 10.4 Å². The van der Waals surface area contributed by atoms with Crippen molar-refractivity contribution in [2.75, 3.05) is 0 Å². The number of ether oxygens (including phenoxy) is 1. The van der Waals surface area contributed by atoms with Crippen molar-refractivity contribution in [3.05, 3.63) is 67.7 Å². The first-order chi connectivity index (χ1) is 13.2. The van der Waals surface area contributed by atoms with Gasteiger partial charge in [0.25, 0.3) is 5.69 Å². The van der Waals surface area contributed by atoms with E-state index in [0.29, 0.717) is 4.68 Å². The first kappa shape index (κ1) is 19.4. The molecule has 0 saturated heterocycles. The van der Waals surface area contributed by atoms with Gasteiger partial charge in [-0.15, -0.1) is 5.10 Å². The summed E-state index contributed by atoms with van der Waals surface area (Å²) in [5.74, 6) is -1.61. The summed E-state index contributed by atoms with van der Waals surface area (Å²) >= 11 is 5.91. The fraction of sp³-hybridized carbons (Fsp3) is 0.133. The summed E-state index contributed by atoms with van der Waals surface area (Å²) in [5.41, 5.74) is -2.01. The van der Waals surface area contributed by atoms with E-state index in [1.807, 2.05) is 0 Å². The van der Waals surface area contributed by atoms with Crippen LogP contribution in [0, 0.1) is 22.9 Å². The fourth-order valence-electron chi connectivity index (χ4n) is 2.27. The second-order valence-corrected chi connectivity index (χ2v) is 5.74. The molecule has 146 valence electrons. The zero-order valence-corrected chi connectivity index (χ0v) is 14.6. The van der Waals surface area contributed by atoms with Crippen LogP contribution in [-0.2, 0) is 0 Å². The highest BCUT2D eigenvalue weighted by Gasteiger charge is 2.22. The number of alkyl halides is 2. The summed E-state index contributed by atoms with van der Waals surface area (Å²) in [6.45, 7) is -1.99. The quantitative estimate of drug-likeness (QED) is 0.465. The van der Waals surface area contributed by atoms with E-state index in [9.17, 15) is 28.1 Å². The van der Waals surface area contributed by atoms with E-state index in [1.165, 1.54) is 6.07 Å². The van der Waals surface area contributed by atoms with Crippen molar-refractivity contribution in [2.24, 2.45) is 0 Å². The predicted molar refractivity (Wildman–Crippen MR) is 89.7 cm³/mol. The number of aryl methyl sites for hydroxylation is 1. The molecule has 0 aliphatic heterocycles. The van der Waals surface area contributed by atoms with Gasteiger partial charge in [-0.3, -0.25) is 10.1 Å². The fourth-order valence-corrected chi connectivity index (χ4v) is 2.46. The third-order valence-corrected chi connectivity index (χ3v) is 3.85. The average Bonchev–Trinajstić information content (AvgIpc) is 2.92. The maximum atomic E-state index is 14.3. The number of nitro groups is 1. The van der Waals surface area contributed by atoms with Crippen molar-refractivity contribution >= 4 is 17.3 Å². The third kappa shape index (κ3) is 3.53. The van der Waals surface area contributed by atoms with Gasteiger partial charge in [-0.25, -0.2) is 18.7 Å². The lowest BCUT2D eigenvalue weighted by Gasteiger charge is -2.09. The van der Waals surface area contributed by atoms with Gasteiger partial charge in [0.15, 0.2) is 5.82 Å². The molecule has 0 spiro atoms. The Morgan fingerprint density at radius 3 is 2.57 bits per heavy atom. The monoisotopic (exact) mass is 415 g/mol. The minimum absolute atomic E-state index is 0.0897. The zero-order chi connectivity index (χ0) is 20.6. The first-order valence-corrected chi connectivity index (χ1v) is 7.81. The summed E-state index contributed by atoms with van der Waals surface area (Å²) in [6, 6.07) is 4.09. The van der Waals surface area contributed by atoms with E-state index in [4.69, 9.17) is 16.3 Å². The van der Waals surface area contributed by atoms with Crippen molar-refractivity contribution in [2.45, 2.75) is 13.5 Å². The molecular weight excluding hydrogens is 407 g/mol. The van der Waals surface area contributed by atoms with Crippen LogP contribution in [-0.4, -0.2) is 24.3 Å². The molecule has 0 radical (unpaired) electrons. The lowest BCUT2D eigenvalue weighted by molar-refractivity contribution is -0.385. The van der Waals surface area contributed by atoms with E-state index < -0.39 is 28.7 Å². The Balaban J connectivity index is 2.03. The van der Waals surface area contributed by atoms with E-state index in [2.05, 4.69) is 10.1 Å². The van der Waals surface area contributed by atoms with Crippen molar-refractivity contribution in [1.82, 2.24) is 19.3 Å². The van der Waals surface area contributed by atoms with Crippen molar-refractivity contribution in [3.63, 3.8) is 0 Å². The maximum absolute atomic E-state index is 14.3. The minimum Gasteiger partial charge on any atom is -0.437 e. The molecule has 0 N–H and O–H groups in total. The third-order valence-electron chi connectivity index (χ3n) is 3.55. The molecule has 0 aliphatic rings. The molecule has 0 fully saturated rings. The first-order valence-electron chi connectivity index (χ1n) is 7.43. The number of hydrogen-bond acceptors (Lipinski definition) is 6. The molecule has 0 unspecified atom stereocenters. The summed E-state index contributed by atoms with van der Waals surface area (Å²) in [6.07, 6.45) is 0.936. The van der Waals surface area contributed by atoms with Gasteiger partial charge in [0.05, 0.1) is 9.95 Å². The molecule has 0 atom stereocenters. The highest BCUT2D eigenvalue weighted by molar-refractivity contribution is 6.32. The smallest absolute Gasteiger partial charge is 0.355 e. The summed E-state index contributed by atoms with van der Waals surface area (Å²) in [4.78, 5) is 25.8. The predicted octanol–water partition coefficient (Wildman–Crippen LogP) is 3.63. The standard InChI is InChI=1S/C15H9ClF3N5O4/c1-7-21-23(15(25)22(7)14(18)19)11-5-12(9(16)4-10(11)17)28-13-3-2-8(6-20-13)24(26)27/h2-6,14H,1H3. The van der Waals surface area contributed by atoms with Crippen molar-refractivity contribution < 1.29 is 22.8 Å². The topological polar surface area (TPSA) is 105 Å². The average molecular weight is 416 g/mol. The second kappa shape index (κ2) is 7.31. The Morgan fingerprint density at radius 2 is 2.04 bits per heavy atom. The maximum Gasteiger partial charge on any atom is 0.355 e. The number of hydrogen-bond donors (Lipinski definition) is 0. The number of benzene rings is 1. The lowest BCUT2D eigenvalue weighted by atomic mass is 10.3. The lowest BCUT2D eigenvalue weighted by Crippen LogP contribution is -2.25. The SMILES string of the molecule is Cc1nn(-c2cc(Oc3ccc([N+](=O)[O-])cn3)c(Cl)cc2F)c(=O)n1C(F)F. The minimum atomic E-state index is -3.16. The Hall–Kier alpha value is -3.41. The zero-order valence-electron chi connectivity index (χ0n) is 13.8. The molecule has 13 heteroatoms. The van der Waals surface area contributed by atoms with Gasteiger partial charge in [-0.05, 0) is 13.0 Å². The molecule has 0 bridgehead atoms. The molecule has 0 aliphatic carbocycles.